The lowest BCUT2D eigenvalue weighted by molar-refractivity contribution is 0.515. The van der Waals surface area contributed by atoms with Gasteiger partial charge in [0.2, 0.25) is 10.0 Å². The van der Waals surface area contributed by atoms with E-state index in [0.29, 0.717) is 5.82 Å². The van der Waals surface area contributed by atoms with Crippen LogP contribution in [0.4, 0.5) is 0 Å². The zero-order chi connectivity index (χ0) is 12.5. The monoisotopic (exact) mass is 258 g/mol. The summed E-state index contributed by atoms with van der Waals surface area (Å²) in [7, 11) is -3.18. The molecule has 1 atom stereocenters. The molecule has 0 amide bonds. The van der Waals surface area contributed by atoms with E-state index in [9.17, 15) is 8.42 Å². The molecule has 0 bridgehead atoms. The van der Waals surface area contributed by atoms with Gasteiger partial charge in [0.05, 0.1) is 11.3 Å². The second-order valence-corrected chi connectivity index (χ2v) is 6.42. The Labute approximate surface area is 101 Å². The maximum atomic E-state index is 11.8. The molecule has 0 spiro atoms. The predicted molar refractivity (Wildman–Crippen MR) is 63.8 cm³/mol. The van der Waals surface area contributed by atoms with Crippen LogP contribution in [0.25, 0.3) is 0 Å². The van der Waals surface area contributed by atoms with E-state index in [1.54, 1.807) is 11.6 Å². The van der Waals surface area contributed by atoms with Gasteiger partial charge < -0.3 is 0 Å². The smallest absolute Gasteiger partial charge is 0.215 e. The Morgan fingerprint density at radius 2 is 2.29 bits per heavy atom. The highest BCUT2D eigenvalue weighted by Crippen LogP contribution is 2.28. The molecule has 1 aliphatic rings. The first-order valence-electron chi connectivity index (χ1n) is 5.93. The lowest BCUT2D eigenvalue weighted by Gasteiger charge is -2.14. The molecular formula is C10H18N4O2S. The standard InChI is InChI=1S/C10H18N4O2S/c1-3-6-14-10(11-7-12-14)8(2)13-17(15,16)9-4-5-9/h7-9,13H,3-6H2,1-2H3/t8-/m0/s1. The van der Waals surface area contributed by atoms with E-state index in [-0.39, 0.29) is 11.3 Å². The summed E-state index contributed by atoms with van der Waals surface area (Å²) >= 11 is 0. The zero-order valence-corrected chi connectivity index (χ0v) is 10.9. The molecule has 0 saturated heterocycles. The first-order chi connectivity index (χ1) is 8.04. The van der Waals surface area contributed by atoms with E-state index in [1.165, 1.54) is 6.33 Å². The van der Waals surface area contributed by atoms with Crippen molar-refractivity contribution in [3.63, 3.8) is 0 Å². The fourth-order valence-electron chi connectivity index (χ4n) is 1.77. The van der Waals surface area contributed by atoms with Crippen molar-refractivity contribution < 1.29 is 8.42 Å². The van der Waals surface area contributed by atoms with Gasteiger partial charge in [-0.2, -0.15) is 5.10 Å². The van der Waals surface area contributed by atoms with Gasteiger partial charge in [0.15, 0.2) is 0 Å². The number of hydrogen-bond acceptors (Lipinski definition) is 4. The van der Waals surface area contributed by atoms with Crippen LogP contribution in [0.3, 0.4) is 0 Å². The maximum absolute atomic E-state index is 11.8. The molecule has 0 radical (unpaired) electrons. The van der Waals surface area contributed by atoms with Crippen molar-refractivity contribution in [3.8, 4) is 0 Å². The third-order valence-corrected chi connectivity index (χ3v) is 4.80. The number of aryl methyl sites for hydroxylation is 1. The summed E-state index contributed by atoms with van der Waals surface area (Å²) in [5.74, 6) is 0.677. The molecule has 7 heteroatoms. The highest BCUT2D eigenvalue weighted by Gasteiger charge is 2.37. The largest absolute Gasteiger partial charge is 0.249 e. The van der Waals surface area contributed by atoms with Gasteiger partial charge in [0.25, 0.3) is 0 Å². The van der Waals surface area contributed by atoms with Crippen LogP contribution < -0.4 is 4.72 Å². The average Bonchev–Trinajstić information content (AvgIpc) is 3.01. The Hall–Kier alpha value is -0.950. The van der Waals surface area contributed by atoms with Crippen LogP contribution in [-0.2, 0) is 16.6 Å². The number of sulfonamides is 1. The quantitative estimate of drug-likeness (QED) is 0.820. The molecule has 1 saturated carbocycles. The summed E-state index contributed by atoms with van der Waals surface area (Å²) in [4.78, 5) is 4.12. The van der Waals surface area contributed by atoms with E-state index in [0.717, 1.165) is 25.8 Å². The van der Waals surface area contributed by atoms with Crippen molar-refractivity contribution in [3.05, 3.63) is 12.2 Å². The number of aromatic nitrogens is 3. The Morgan fingerprint density at radius 3 is 2.88 bits per heavy atom. The van der Waals surface area contributed by atoms with Crippen molar-refractivity contribution in [1.82, 2.24) is 19.5 Å². The van der Waals surface area contributed by atoms with Crippen LogP contribution in [0.1, 0.15) is 45.0 Å². The van der Waals surface area contributed by atoms with E-state index in [2.05, 4.69) is 14.8 Å². The molecule has 0 aromatic carbocycles. The molecule has 96 valence electrons. The summed E-state index contributed by atoms with van der Waals surface area (Å²) in [5, 5.41) is 3.89. The number of nitrogens with zero attached hydrogens (tertiary/aromatic N) is 3. The highest BCUT2D eigenvalue weighted by molar-refractivity contribution is 7.90. The average molecular weight is 258 g/mol. The van der Waals surface area contributed by atoms with Crippen LogP contribution in [0.5, 0.6) is 0 Å². The zero-order valence-electron chi connectivity index (χ0n) is 10.1. The van der Waals surface area contributed by atoms with Crippen molar-refractivity contribution in [2.75, 3.05) is 0 Å². The molecule has 1 aliphatic carbocycles. The van der Waals surface area contributed by atoms with Crippen LogP contribution in [0, 0.1) is 0 Å². The highest BCUT2D eigenvalue weighted by atomic mass is 32.2. The third kappa shape index (κ3) is 2.84. The Bertz CT molecular complexity index is 478. The summed E-state index contributed by atoms with van der Waals surface area (Å²) in [6, 6.07) is -0.324. The molecular weight excluding hydrogens is 240 g/mol. The van der Waals surface area contributed by atoms with Crippen molar-refractivity contribution >= 4 is 10.0 Å². The number of rotatable bonds is 6. The fourth-order valence-corrected chi connectivity index (χ4v) is 3.31. The minimum absolute atomic E-state index is 0.201. The minimum Gasteiger partial charge on any atom is -0.249 e. The summed E-state index contributed by atoms with van der Waals surface area (Å²) < 4.78 is 28.0. The van der Waals surface area contributed by atoms with Crippen molar-refractivity contribution in [1.29, 1.82) is 0 Å². The summed E-state index contributed by atoms with van der Waals surface area (Å²) in [5.41, 5.74) is 0. The lowest BCUT2D eigenvalue weighted by Crippen LogP contribution is -2.31. The van der Waals surface area contributed by atoms with E-state index < -0.39 is 10.0 Å². The second-order valence-electron chi connectivity index (χ2n) is 4.43. The topological polar surface area (TPSA) is 76.9 Å². The molecule has 1 N–H and O–H groups in total. The molecule has 0 aliphatic heterocycles. The van der Waals surface area contributed by atoms with Gasteiger partial charge in [-0.25, -0.2) is 22.8 Å². The molecule has 0 unspecified atom stereocenters. The van der Waals surface area contributed by atoms with Gasteiger partial charge in [0, 0.05) is 6.54 Å². The van der Waals surface area contributed by atoms with Crippen molar-refractivity contribution in [2.45, 2.75) is 50.9 Å². The third-order valence-electron chi connectivity index (χ3n) is 2.77. The van der Waals surface area contributed by atoms with Crippen LogP contribution >= 0.6 is 0 Å². The fraction of sp³-hybridized carbons (Fsp3) is 0.800. The minimum atomic E-state index is -3.18. The van der Waals surface area contributed by atoms with E-state index in [1.807, 2.05) is 6.92 Å². The van der Waals surface area contributed by atoms with Gasteiger partial charge in [-0.05, 0) is 26.2 Å². The van der Waals surface area contributed by atoms with Crippen molar-refractivity contribution in [2.24, 2.45) is 0 Å². The Morgan fingerprint density at radius 1 is 1.59 bits per heavy atom. The van der Waals surface area contributed by atoms with Gasteiger partial charge in [0.1, 0.15) is 12.2 Å². The molecule has 2 rings (SSSR count). The SMILES string of the molecule is CCCn1ncnc1[C@H](C)NS(=O)(=O)C1CC1. The molecule has 1 heterocycles. The van der Waals surface area contributed by atoms with Gasteiger partial charge in [-0.1, -0.05) is 6.92 Å². The van der Waals surface area contributed by atoms with Gasteiger partial charge >= 0.3 is 0 Å². The van der Waals surface area contributed by atoms with Crippen LogP contribution in [0.15, 0.2) is 6.33 Å². The molecule has 1 fully saturated rings. The summed E-state index contributed by atoms with van der Waals surface area (Å²) in [6.45, 7) is 4.60. The molecule has 6 nitrogen and oxygen atoms in total. The van der Waals surface area contributed by atoms with Crippen LogP contribution in [0.2, 0.25) is 0 Å². The normalized spacial score (nSPS) is 18.2. The first-order valence-corrected chi connectivity index (χ1v) is 7.48. The lowest BCUT2D eigenvalue weighted by atomic mass is 10.3. The van der Waals surface area contributed by atoms with E-state index in [4.69, 9.17) is 0 Å². The van der Waals surface area contributed by atoms with Gasteiger partial charge in [-0.3, -0.25) is 0 Å². The maximum Gasteiger partial charge on any atom is 0.215 e. The molecule has 1 aromatic rings. The predicted octanol–water partition coefficient (Wildman–Crippen LogP) is 0.831. The Kier molecular flexibility index (Phi) is 3.48. The molecule has 1 aromatic heterocycles. The van der Waals surface area contributed by atoms with Crippen LogP contribution in [-0.4, -0.2) is 28.4 Å². The Balaban J connectivity index is 2.08. The first kappa shape index (κ1) is 12.5. The molecule has 17 heavy (non-hydrogen) atoms. The second kappa shape index (κ2) is 4.73. The number of hydrogen-bond donors (Lipinski definition) is 1. The van der Waals surface area contributed by atoms with E-state index >= 15 is 0 Å². The van der Waals surface area contributed by atoms with Gasteiger partial charge in [-0.15, -0.1) is 0 Å². The summed E-state index contributed by atoms with van der Waals surface area (Å²) in [6.07, 6.45) is 3.94. The number of nitrogens with one attached hydrogen (secondary N) is 1.